The van der Waals surface area contributed by atoms with Crippen molar-refractivity contribution in [3.63, 3.8) is 0 Å². The average Bonchev–Trinajstić information content (AvgIpc) is 2.13. The summed E-state index contributed by atoms with van der Waals surface area (Å²) in [5, 5.41) is 2.27. The Morgan fingerprint density at radius 1 is 1.57 bits per heavy atom. The van der Waals surface area contributed by atoms with Gasteiger partial charge in [0, 0.05) is 0 Å². The number of carbonyl (C=O) groups excluding carboxylic acids is 2. The Hall–Kier alpha value is -1.78. The molecule has 0 aliphatic rings. The average molecular weight is 198 g/mol. The van der Waals surface area contributed by atoms with Crippen LogP contribution in [0.3, 0.4) is 0 Å². The van der Waals surface area contributed by atoms with Crippen LogP contribution >= 0.6 is 0 Å². The molecular weight excluding hydrogens is 184 g/mol. The molecule has 0 aromatic heterocycles. The van der Waals surface area contributed by atoms with Gasteiger partial charge in [-0.15, -0.1) is 0 Å². The summed E-state index contributed by atoms with van der Waals surface area (Å²) in [6, 6.07) is -0.747. The molecule has 78 valence electrons. The zero-order valence-electron chi connectivity index (χ0n) is 8.29. The van der Waals surface area contributed by atoms with Gasteiger partial charge in [0.05, 0.1) is 17.9 Å². The molecule has 0 spiro atoms. The van der Waals surface area contributed by atoms with Gasteiger partial charge in [0.15, 0.2) is 0 Å². The van der Waals surface area contributed by atoms with Crippen molar-refractivity contribution in [1.82, 2.24) is 5.32 Å². The fraction of sp³-hybridized carbons (Fsp3) is 0.333. The standard InChI is InChI=1S/C9H14N2O3/c1-4-7(11-9(10)13)6(3)8(12)14-5-2/h4H,1,5H2,2-3H3,(H3,10,11,13). The maximum absolute atomic E-state index is 11.2. The van der Waals surface area contributed by atoms with Crippen LogP contribution < -0.4 is 11.1 Å². The SMILES string of the molecule is C=CC(NC(N)=O)=C(C)C(=O)OCC. The van der Waals surface area contributed by atoms with E-state index in [1.807, 2.05) is 0 Å². The summed E-state index contributed by atoms with van der Waals surface area (Å²) in [6.07, 6.45) is 1.33. The van der Waals surface area contributed by atoms with Gasteiger partial charge in [-0.2, -0.15) is 0 Å². The molecule has 0 saturated heterocycles. The fourth-order valence-electron chi connectivity index (χ4n) is 0.780. The number of hydrogen-bond acceptors (Lipinski definition) is 3. The van der Waals surface area contributed by atoms with Crippen LogP contribution in [0.2, 0.25) is 0 Å². The van der Waals surface area contributed by atoms with Crippen molar-refractivity contribution in [3.8, 4) is 0 Å². The van der Waals surface area contributed by atoms with Crippen molar-refractivity contribution >= 4 is 12.0 Å². The van der Waals surface area contributed by atoms with Crippen molar-refractivity contribution in [3.05, 3.63) is 23.9 Å². The lowest BCUT2D eigenvalue weighted by Gasteiger charge is -2.07. The molecule has 0 bridgehead atoms. The predicted molar refractivity (Wildman–Crippen MR) is 52.2 cm³/mol. The largest absolute Gasteiger partial charge is 0.463 e. The number of esters is 1. The van der Waals surface area contributed by atoms with E-state index in [9.17, 15) is 9.59 Å². The number of rotatable bonds is 4. The first-order valence-electron chi connectivity index (χ1n) is 4.09. The molecule has 0 atom stereocenters. The summed E-state index contributed by atoms with van der Waals surface area (Å²) in [6.45, 7) is 6.93. The molecule has 0 aromatic rings. The summed E-state index contributed by atoms with van der Waals surface area (Å²) < 4.78 is 4.73. The summed E-state index contributed by atoms with van der Waals surface area (Å²) in [5.74, 6) is -0.504. The number of primary amides is 1. The zero-order chi connectivity index (χ0) is 11.1. The Morgan fingerprint density at radius 2 is 2.14 bits per heavy atom. The van der Waals surface area contributed by atoms with Crippen LogP contribution in [-0.4, -0.2) is 18.6 Å². The minimum Gasteiger partial charge on any atom is -0.463 e. The number of allylic oxidation sites excluding steroid dienone is 1. The number of hydrogen-bond donors (Lipinski definition) is 2. The van der Waals surface area contributed by atoms with E-state index in [2.05, 4.69) is 11.9 Å². The second kappa shape index (κ2) is 5.80. The topological polar surface area (TPSA) is 81.4 Å². The highest BCUT2D eigenvalue weighted by Crippen LogP contribution is 2.04. The van der Waals surface area contributed by atoms with Crippen LogP contribution in [0, 0.1) is 0 Å². The minimum absolute atomic E-state index is 0.260. The van der Waals surface area contributed by atoms with E-state index in [0.717, 1.165) is 0 Å². The lowest BCUT2D eigenvalue weighted by molar-refractivity contribution is -0.138. The molecule has 0 saturated carbocycles. The Kier molecular flexibility index (Phi) is 5.06. The van der Waals surface area contributed by atoms with Crippen molar-refractivity contribution in [1.29, 1.82) is 0 Å². The smallest absolute Gasteiger partial charge is 0.335 e. The van der Waals surface area contributed by atoms with Gasteiger partial charge in [-0.05, 0) is 19.9 Å². The normalized spacial score (nSPS) is 11.3. The van der Waals surface area contributed by atoms with Gasteiger partial charge in [0.2, 0.25) is 0 Å². The lowest BCUT2D eigenvalue weighted by Crippen LogP contribution is -2.29. The van der Waals surface area contributed by atoms with E-state index < -0.39 is 12.0 Å². The quantitative estimate of drug-likeness (QED) is 0.396. The van der Waals surface area contributed by atoms with Crippen molar-refractivity contribution in [2.75, 3.05) is 6.61 Å². The second-order valence-electron chi connectivity index (χ2n) is 2.45. The minimum atomic E-state index is -0.747. The number of nitrogens with one attached hydrogen (secondary N) is 1. The fourth-order valence-corrected chi connectivity index (χ4v) is 0.780. The van der Waals surface area contributed by atoms with Gasteiger partial charge in [-0.3, -0.25) is 0 Å². The highest BCUT2D eigenvalue weighted by atomic mass is 16.5. The molecule has 14 heavy (non-hydrogen) atoms. The Bertz CT molecular complexity index is 282. The Labute approximate surface area is 82.6 Å². The second-order valence-corrected chi connectivity index (χ2v) is 2.45. The third kappa shape index (κ3) is 3.75. The summed E-state index contributed by atoms with van der Waals surface area (Å²) in [5.41, 5.74) is 5.42. The van der Waals surface area contributed by atoms with Crippen LogP contribution in [0.4, 0.5) is 4.79 Å². The first-order valence-corrected chi connectivity index (χ1v) is 4.09. The van der Waals surface area contributed by atoms with E-state index in [0.29, 0.717) is 0 Å². The molecule has 3 N–H and O–H groups in total. The highest BCUT2D eigenvalue weighted by molar-refractivity contribution is 5.90. The molecule has 5 heteroatoms. The maximum atomic E-state index is 11.2. The van der Waals surface area contributed by atoms with Crippen LogP contribution in [0.25, 0.3) is 0 Å². The van der Waals surface area contributed by atoms with E-state index in [-0.39, 0.29) is 17.9 Å². The van der Waals surface area contributed by atoms with Gasteiger partial charge < -0.3 is 15.8 Å². The van der Waals surface area contributed by atoms with E-state index in [1.54, 1.807) is 6.92 Å². The highest BCUT2D eigenvalue weighted by Gasteiger charge is 2.10. The number of carbonyl (C=O) groups is 2. The monoisotopic (exact) mass is 198 g/mol. The van der Waals surface area contributed by atoms with Gasteiger partial charge in [0.1, 0.15) is 0 Å². The lowest BCUT2D eigenvalue weighted by atomic mass is 10.2. The van der Waals surface area contributed by atoms with Gasteiger partial charge in [0.25, 0.3) is 0 Å². The molecule has 2 amide bonds. The van der Waals surface area contributed by atoms with E-state index >= 15 is 0 Å². The van der Waals surface area contributed by atoms with Crippen molar-refractivity contribution < 1.29 is 14.3 Å². The molecule has 0 unspecified atom stereocenters. The third-order valence-corrected chi connectivity index (χ3v) is 1.45. The van der Waals surface area contributed by atoms with Crippen LogP contribution in [0.15, 0.2) is 23.9 Å². The van der Waals surface area contributed by atoms with Crippen LogP contribution in [0.1, 0.15) is 13.8 Å². The summed E-state index contributed by atoms with van der Waals surface area (Å²) >= 11 is 0. The first-order chi connectivity index (χ1) is 6.52. The molecule has 0 aliphatic carbocycles. The van der Waals surface area contributed by atoms with Crippen molar-refractivity contribution in [2.45, 2.75) is 13.8 Å². The van der Waals surface area contributed by atoms with Gasteiger partial charge >= 0.3 is 12.0 Å². The summed E-state index contributed by atoms with van der Waals surface area (Å²) in [7, 11) is 0. The molecular formula is C9H14N2O3. The van der Waals surface area contributed by atoms with Crippen LogP contribution in [0.5, 0.6) is 0 Å². The molecule has 5 nitrogen and oxygen atoms in total. The van der Waals surface area contributed by atoms with Gasteiger partial charge in [-0.25, -0.2) is 9.59 Å². The molecule has 0 fully saturated rings. The molecule has 0 aromatic carbocycles. The number of nitrogens with two attached hydrogens (primary N) is 1. The Morgan fingerprint density at radius 3 is 2.50 bits per heavy atom. The van der Waals surface area contributed by atoms with Crippen molar-refractivity contribution in [2.24, 2.45) is 5.73 Å². The molecule has 0 heterocycles. The maximum Gasteiger partial charge on any atom is 0.335 e. The molecule has 0 radical (unpaired) electrons. The molecule has 0 aliphatic heterocycles. The van der Waals surface area contributed by atoms with E-state index in [1.165, 1.54) is 13.0 Å². The van der Waals surface area contributed by atoms with Gasteiger partial charge in [-0.1, -0.05) is 6.58 Å². The van der Waals surface area contributed by atoms with Crippen LogP contribution in [-0.2, 0) is 9.53 Å². The molecule has 0 rings (SSSR count). The Balaban J connectivity index is 4.73. The van der Waals surface area contributed by atoms with E-state index in [4.69, 9.17) is 10.5 Å². The predicted octanol–water partition coefficient (Wildman–Crippen LogP) is 0.678. The number of amides is 2. The number of urea groups is 1. The number of ether oxygens (including phenoxy) is 1. The first kappa shape index (κ1) is 12.2. The summed E-state index contributed by atoms with van der Waals surface area (Å²) in [4.78, 5) is 21.7. The third-order valence-electron chi connectivity index (χ3n) is 1.45. The zero-order valence-corrected chi connectivity index (χ0v) is 8.29.